The van der Waals surface area contributed by atoms with Crippen molar-refractivity contribution in [2.75, 3.05) is 0 Å². The Hall–Kier alpha value is -2.53. The molecular weight excluding hydrogens is 284 g/mol. The van der Waals surface area contributed by atoms with Crippen molar-refractivity contribution in [2.45, 2.75) is 6.92 Å². The number of carboxylic acid groups (broad SMARTS) is 1. The Balaban J connectivity index is 2.21. The number of hydrogen-bond donors (Lipinski definition) is 0. The van der Waals surface area contributed by atoms with Gasteiger partial charge in [-0.1, -0.05) is 30.3 Å². The average Bonchev–Trinajstić information content (AvgIpc) is 2.85. The fourth-order valence-electron chi connectivity index (χ4n) is 2.05. The minimum Gasteiger partial charge on any atom is -0.545 e. The van der Waals surface area contributed by atoms with Crippen molar-refractivity contribution in [3.05, 3.63) is 53.0 Å². The highest BCUT2D eigenvalue weighted by Crippen LogP contribution is 2.28. The highest BCUT2D eigenvalue weighted by Gasteiger charge is 2.10. The van der Waals surface area contributed by atoms with E-state index in [1.165, 1.54) is 6.08 Å². The number of carbonyl (C=O) groups excluding carboxylic acids is 1. The first-order chi connectivity index (χ1) is 10.1. The molecule has 0 bridgehead atoms. The van der Waals surface area contributed by atoms with Crippen molar-refractivity contribution in [1.82, 2.24) is 9.97 Å². The molecule has 2 heterocycles. The van der Waals surface area contributed by atoms with Gasteiger partial charge in [0.25, 0.3) is 0 Å². The number of aromatic nitrogens is 2. The minimum absolute atomic E-state index is 0.586. The molecule has 0 atom stereocenters. The Labute approximate surface area is 125 Å². The van der Waals surface area contributed by atoms with Gasteiger partial charge in [0, 0.05) is 15.8 Å². The van der Waals surface area contributed by atoms with Crippen molar-refractivity contribution in [3.8, 4) is 11.4 Å². The summed E-state index contributed by atoms with van der Waals surface area (Å²) >= 11 is 1.56. The highest BCUT2D eigenvalue weighted by molar-refractivity contribution is 7.18. The standard InChI is InChI=1S/C16H12N2O2S/c1-10-9-12-13(7-8-14(19)20)17-15(18-16(12)21-10)11-5-3-2-4-6-11/h2-9H,1H3,(H,19,20)/p-1/b8-7+. The number of nitrogens with zero attached hydrogens (tertiary/aromatic N) is 2. The summed E-state index contributed by atoms with van der Waals surface area (Å²) in [6.07, 6.45) is 2.45. The van der Waals surface area contributed by atoms with Gasteiger partial charge in [-0.05, 0) is 25.1 Å². The summed E-state index contributed by atoms with van der Waals surface area (Å²) in [6.45, 7) is 1.99. The summed E-state index contributed by atoms with van der Waals surface area (Å²) in [4.78, 5) is 21.6. The maximum absolute atomic E-state index is 10.6. The van der Waals surface area contributed by atoms with E-state index >= 15 is 0 Å². The van der Waals surface area contributed by atoms with Crippen LogP contribution in [0.15, 0.2) is 42.5 Å². The van der Waals surface area contributed by atoms with Crippen LogP contribution in [-0.4, -0.2) is 15.9 Å². The van der Waals surface area contributed by atoms with Crippen LogP contribution in [0.4, 0.5) is 0 Å². The van der Waals surface area contributed by atoms with E-state index in [2.05, 4.69) is 9.97 Å². The molecule has 1 aromatic carbocycles. The van der Waals surface area contributed by atoms with Gasteiger partial charge in [0.1, 0.15) is 4.83 Å². The van der Waals surface area contributed by atoms with Crippen LogP contribution in [0.25, 0.3) is 27.7 Å². The third kappa shape index (κ3) is 2.83. The monoisotopic (exact) mass is 295 g/mol. The largest absolute Gasteiger partial charge is 0.545 e. The Morgan fingerprint density at radius 1 is 1.24 bits per heavy atom. The summed E-state index contributed by atoms with van der Waals surface area (Å²) in [7, 11) is 0. The lowest BCUT2D eigenvalue weighted by molar-refractivity contribution is -0.297. The molecule has 4 nitrogen and oxygen atoms in total. The summed E-state index contributed by atoms with van der Waals surface area (Å²) in [5.41, 5.74) is 1.49. The van der Waals surface area contributed by atoms with Gasteiger partial charge in [-0.3, -0.25) is 0 Å². The molecule has 0 spiro atoms. The lowest BCUT2D eigenvalue weighted by Crippen LogP contribution is -2.18. The van der Waals surface area contributed by atoms with E-state index in [0.29, 0.717) is 11.5 Å². The first-order valence-electron chi connectivity index (χ1n) is 6.36. The molecule has 0 unspecified atom stereocenters. The van der Waals surface area contributed by atoms with Gasteiger partial charge in [-0.2, -0.15) is 0 Å². The Morgan fingerprint density at radius 2 is 2.00 bits per heavy atom. The first-order valence-corrected chi connectivity index (χ1v) is 7.18. The number of aryl methyl sites for hydroxylation is 1. The SMILES string of the molecule is Cc1cc2c(/C=C/C(=O)[O-])nc(-c3ccccc3)nc2s1. The van der Waals surface area contributed by atoms with Gasteiger partial charge in [-0.25, -0.2) is 9.97 Å². The van der Waals surface area contributed by atoms with Gasteiger partial charge in [0.15, 0.2) is 5.82 Å². The highest BCUT2D eigenvalue weighted by atomic mass is 32.1. The second-order valence-electron chi connectivity index (χ2n) is 4.53. The zero-order valence-electron chi connectivity index (χ0n) is 11.2. The molecule has 21 heavy (non-hydrogen) atoms. The van der Waals surface area contributed by atoms with E-state index in [1.807, 2.05) is 43.3 Å². The quantitative estimate of drug-likeness (QED) is 0.696. The summed E-state index contributed by atoms with van der Waals surface area (Å²) in [6, 6.07) is 11.6. The number of carbonyl (C=O) groups is 1. The number of carboxylic acids is 1. The van der Waals surface area contributed by atoms with Crippen molar-refractivity contribution in [1.29, 1.82) is 0 Å². The second kappa shape index (κ2) is 5.46. The third-order valence-electron chi connectivity index (χ3n) is 2.95. The molecule has 0 fully saturated rings. The fraction of sp³-hybridized carbons (Fsp3) is 0.0625. The van der Waals surface area contributed by atoms with Gasteiger partial charge < -0.3 is 9.90 Å². The molecule has 0 aliphatic rings. The van der Waals surface area contributed by atoms with Gasteiger partial charge in [0.05, 0.1) is 11.7 Å². The van der Waals surface area contributed by atoms with Crippen LogP contribution >= 0.6 is 11.3 Å². The normalized spacial score (nSPS) is 11.3. The molecule has 2 aromatic heterocycles. The van der Waals surface area contributed by atoms with E-state index in [4.69, 9.17) is 0 Å². The molecule has 0 amide bonds. The maximum Gasteiger partial charge on any atom is 0.161 e. The lowest BCUT2D eigenvalue weighted by atomic mass is 10.2. The van der Waals surface area contributed by atoms with Crippen molar-refractivity contribution < 1.29 is 9.90 Å². The van der Waals surface area contributed by atoms with Crippen LogP contribution in [0.2, 0.25) is 0 Å². The number of hydrogen-bond acceptors (Lipinski definition) is 5. The van der Waals surface area contributed by atoms with Gasteiger partial charge in [-0.15, -0.1) is 11.3 Å². The molecule has 0 N–H and O–H groups in total. The first kappa shape index (κ1) is 13.5. The van der Waals surface area contributed by atoms with E-state index < -0.39 is 5.97 Å². The molecule has 0 aliphatic carbocycles. The molecule has 0 saturated carbocycles. The molecule has 0 radical (unpaired) electrons. The predicted octanol–water partition coefficient (Wildman–Crippen LogP) is 2.43. The summed E-state index contributed by atoms with van der Waals surface area (Å²) in [5.74, 6) is -0.655. The Kier molecular flexibility index (Phi) is 3.50. The van der Waals surface area contributed by atoms with E-state index in [1.54, 1.807) is 11.3 Å². The van der Waals surface area contributed by atoms with Crippen LogP contribution in [0.1, 0.15) is 10.6 Å². The Bertz CT molecular complexity index is 838. The number of rotatable bonds is 3. The van der Waals surface area contributed by atoms with E-state index in [9.17, 15) is 9.90 Å². The lowest BCUT2D eigenvalue weighted by Gasteiger charge is -2.03. The van der Waals surface area contributed by atoms with Crippen LogP contribution in [-0.2, 0) is 4.79 Å². The molecule has 3 aromatic rings. The third-order valence-corrected chi connectivity index (χ3v) is 3.90. The number of fused-ring (bicyclic) bond motifs is 1. The average molecular weight is 295 g/mol. The van der Waals surface area contributed by atoms with Crippen LogP contribution in [0, 0.1) is 6.92 Å². The van der Waals surface area contributed by atoms with Gasteiger partial charge >= 0.3 is 0 Å². The number of thiophene rings is 1. The second-order valence-corrected chi connectivity index (χ2v) is 5.76. The minimum atomic E-state index is -1.24. The van der Waals surface area contributed by atoms with Crippen LogP contribution < -0.4 is 5.11 Å². The zero-order valence-corrected chi connectivity index (χ0v) is 12.1. The fourth-order valence-corrected chi connectivity index (χ4v) is 2.94. The molecule has 0 saturated heterocycles. The summed E-state index contributed by atoms with van der Waals surface area (Å²) < 4.78 is 0. The van der Waals surface area contributed by atoms with E-state index in [-0.39, 0.29) is 0 Å². The predicted molar refractivity (Wildman–Crippen MR) is 81.6 cm³/mol. The zero-order chi connectivity index (χ0) is 14.8. The van der Waals surface area contributed by atoms with Gasteiger partial charge in [0.2, 0.25) is 0 Å². The van der Waals surface area contributed by atoms with Crippen LogP contribution in [0.3, 0.4) is 0 Å². The number of benzene rings is 1. The van der Waals surface area contributed by atoms with E-state index in [0.717, 1.165) is 26.7 Å². The smallest absolute Gasteiger partial charge is 0.161 e. The Morgan fingerprint density at radius 3 is 2.71 bits per heavy atom. The molecule has 3 rings (SSSR count). The molecule has 104 valence electrons. The van der Waals surface area contributed by atoms with Crippen LogP contribution in [0.5, 0.6) is 0 Å². The molecular formula is C16H11N2O2S-. The summed E-state index contributed by atoms with van der Waals surface area (Å²) in [5, 5.41) is 11.5. The number of aliphatic carboxylic acids is 1. The topological polar surface area (TPSA) is 65.9 Å². The molecule has 5 heteroatoms. The van der Waals surface area contributed by atoms with Crippen molar-refractivity contribution in [2.24, 2.45) is 0 Å². The van der Waals surface area contributed by atoms with Crippen molar-refractivity contribution >= 4 is 33.6 Å². The van der Waals surface area contributed by atoms with Crippen molar-refractivity contribution in [3.63, 3.8) is 0 Å². The molecule has 0 aliphatic heterocycles. The maximum atomic E-state index is 10.6.